The fourth-order valence-electron chi connectivity index (χ4n) is 2.06. The molecule has 0 amide bonds. The Morgan fingerprint density at radius 3 is 2.37 bits per heavy atom. The lowest BCUT2D eigenvalue weighted by Gasteiger charge is -2.26. The number of morpholine rings is 1. The summed E-state index contributed by atoms with van der Waals surface area (Å²) < 4.78 is 5.28. The lowest BCUT2D eigenvalue weighted by molar-refractivity contribution is -0.131. The molecule has 1 N–H and O–H groups in total. The number of ether oxygens (including phenoxy) is 1. The van der Waals surface area contributed by atoms with Crippen LogP contribution in [0.1, 0.15) is 15.9 Å². The molecule has 5 heteroatoms. The van der Waals surface area contributed by atoms with Crippen molar-refractivity contribution in [3.8, 4) is 0 Å². The molecule has 0 bridgehead atoms. The number of rotatable bonds is 5. The summed E-state index contributed by atoms with van der Waals surface area (Å²) in [7, 11) is 0. The van der Waals surface area contributed by atoms with E-state index in [0.717, 1.165) is 44.8 Å². The monoisotopic (exact) mass is 263 g/mol. The normalized spacial score (nSPS) is 16.2. The first kappa shape index (κ1) is 13.7. The van der Waals surface area contributed by atoms with Gasteiger partial charge in [-0.1, -0.05) is 24.3 Å². The Kier molecular flexibility index (Phi) is 4.65. The van der Waals surface area contributed by atoms with Crippen LogP contribution in [0.15, 0.2) is 24.3 Å². The van der Waals surface area contributed by atoms with Crippen LogP contribution in [0, 0.1) is 0 Å². The number of hydrogen-bond acceptors (Lipinski definition) is 4. The van der Waals surface area contributed by atoms with Crippen LogP contribution in [-0.4, -0.2) is 54.6 Å². The first-order chi connectivity index (χ1) is 9.16. The van der Waals surface area contributed by atoms with Crippen LogP contribution in [0.2, 0.25) is 0 Å². The predicted molar refractivity (Wildman–Crippen MR) is 69.4 cm³/mol. The van der Waals surface area contributed by atoms with Crippen LogP contribution < -0.4 is 0 Å². The van der Waals surface area contributed by atoms with Crippen molar-refractivity contribution < 1.29 is 19.4 Å². The number of aliphatic carboxylic acids is 1. The Labute approximate surface area is 111 Å². The van der Waals surface area contributed by atoms with Gasteiger partial charge < -0.3 is 9.84 Å². The Balaban J connectivity index is 1.87. The number of nitrogens with zero attached hydrogens (tertiary/aromatic N) is 1. The van der Waals surface area contributed by atoms with Gasteiger partial charge >= 0.3 is 5.97 Å². The van der Waals surface area contributed by atoms with Crippen LogP contribution in [0.3, 0.4) is 0 Å². The number of Topliss-reactive ketones (excluding diaryl/α,β-unsaturated/α-hetero) is 1. The average molecular weight is 263 g/mol. The van der Waals surface area contributed by atoms with Gasteiger partial charge in [0.15, 0.2) is 0 Å². The summed E-state index contributed by atoms with van der Waals surface area (Å²) in [6.07, 6.45) is 0.890. The second kappa shape index (κ2) is 6.45. The van der Waals surface area contributed by atoms with E-state index in [1.54, 1.807) is 12.1 Å². The molecule has 1 aliphatic heterocycles. The molecule has 0 spiro atoms. The largest absolute Gasteiger partial charge is 0.475 e. The molecule has 1 aliphatic rings. The number of hydrogen-bond donors (Lipinski definition) is 1. The van der Waals surface area contributed by atoms with E-state index >= 15 is 0 Å². The maximum absolute atomic E-state index is 11.2. The van der Waals surface area contributed by atoms with Gasteiger partial charge in [0, 0.05) is 25.2 Å². The van der Waals surface area contributed by atoms with Gasteiger partial charge in [-0.05, 0) is 12.0 Å². The van der Waals surface area contributed by atoms with Crippen molar-refractivity contribution in [2.45, 2.75) is 6.42 Å². The first-order valence-corrected chi connectivity index (χ1v) is 6.33. The Morgan fingerprint density at radius 2 is 1.79 bits per heavy atom. The molecular formula is C14H17NO4. The summed E-state index contributed by atoms with van der Waals surface area (Å²) >= 11 is 0. The second-order valence-electron chi connectivity index (χ2n) is 4.54. The molecule has 0 atom stereocenters. The molecule has 1 aromatic carbocycles. The van der Waals surface area contributed by atoms with Crippen LogP contribution in [0.25, 0.3) is 0 Å². The van der Waals surface area contributed by atoms with Crippen molar-refractivity contribution in [1.29, 1.82) is 0 Å². The number of benzene rings is 1. The second-order valence-corrected chi connectivity index (χ2v) is 4.54. The Hall–Kier alpha value is -1.72. The molecule has 1 fully saturated rings. The third-order valence-electron chi connectivity index (χ3n) is 3.23. The van der Waals surface area contributed by atoms with Gasteiger partial charge in [-0.2, -0.15) is 0 Å². The molecule has 0 saturated carbocycles. The molecule has 1 aromatic rings. The smallest absolute Gasteiger partial charge is 0.377 e. The van der Waals surface area contributed by atoms with Crippen molar-refractivity contribution in [3.05, 3.63) is 35.4 Å². The van der Waals surface area contributed by atoms with Crippen molar-refractivity contribution in [1.82, 2.24) is 4.90 Å². The summed E-state index contributed by atoms with van der Waals surface area (Å²) in [4.78, 5) is 24.1. The number of carbonyl (C=O) groups excluding carboxylic acids is 1. The number of ketones is 1. The van der Waals surface area contributed by atoms with Crippen LogP contribution in [-0.2, 0) is 16.0 Å². The molecule has 0 unspecified atom stereocenters. The molecule has 2 rings (SSSR count). The Bertz CT molecular complexity index is 449. The third kappa shape index (κ3) is 3.87. The third-order valence-corrected chi connectivity index (χ3v) is 3.23. The minimum absolute atomic E-state index is 0.225. The van der Waals surface area contributed by atoms with Crippen molar-refractivity contribution >= 4 is 11.8 Å². The van der Waals surface area contributed by atoms with E-state index in [9.17, 15) is 9.59 Å². The predicted octanol–water partition coefficient (Wildman–Crippen LogP) is 0.829. The van der Waals surface area contributed by atoms with E-state index in [2.05, 4.69) is 4.90 Å². The molecule has 0 radical (unpaired) electrons. The zero-order chi connectivity index (χ0) is 13.7. The first-order valence-electron chi connectivity index (χ1n) is 6.33. The zero-order valence-corrected chi connectivity index (χ0v) is 10.7. The maximum Gasteiger partial charge on any atom is 0.377 e. The van der Waals surface area contributed by atoms with E-state index in [1.807, 2.05) is 12.1 Å². The lowest BCUT2D eigenvalue weighted by Crippen LogP contribution is -2.37. The van der Waals surface area contributed by atoms with Crippen LogP contribution in [0.5, 0.6) is 0 Å². The van der Waals surface area contributed by atoms with Gasteiger partial charge in [-0.15, -0.1) is 0 Å². The van der Waals surface area contributed by atoms with Crippen LogP contribution >= 0.6 is 0 Å². The fourth-order valence-corrected chi connectivity index (χ4v) is 2.06. The number of carboxylic acid groups (broad SMARTS) is 1. The summed E-state index contributed by atoms with van der Waals surface area (Å²) in [6.45, 7) is 4.43. The van der Waals surface area contributed by atoms with Crippen LogP contribution in [0.4, 0.5) is 0 Å². The van der Waals surface area contributed by atoms with Gasteiger partial charge in [0.1, 0.15) is 0 Å². The van der Waals surface area contributed by atoms with E-state index in [-0.39, 0.29) is 5.56 Å². The van der Waals surface area contributed by atoms with Crippen molar-refractivity contribution in [2.24, 2.45) is 0 Å². The average Bonchev–Trinajstić information content (AvgIpc) is 2.46. The molecule has 5 nitrogen and oxygen atoms in total. The quantitative estimate of drug-likeness (QED) is 0.629. The lowest BCUT2D eigenvalue weighted by atomic mass is 10.1. The molecule has 19 heavy (non-hydrogen) atoms. The van der Waals surface area contributed by atoms with Gasteiger partial charge in [0.2, 0.25) is 0 Å². The van der Waals surface area contributed by atoms with Gasteiger partial charge in [-0.3, -0.25) is 9.69 Å². The van der Waals surface area contributed by atoms with Crippen molar-refractivity contribution in [3.63, 3.8) is 0 Å². The van der Waals surface area contributed by atoms with Gasteiger partial charge in [0.25, 0.3) is 5.78 Å². The molecule has 1 heterocycles. The summed E-state index contributed by atoms with van der Waals surface area (Å²) in [5.74, 6) is -2.28. The SMILES string of the molecule is O=C(O)C(=O)c1ccc(CCN2CCOCC2)cc1. The number of carbonyl (C=O) groups is 2. The summed E-state index contributed by atoms with van der Waals surface area (Å²) in [5.41, 5.74) is 1.33. The maximum atomic E-state index is 11.2. The highest BCUT2D eigenvalue weighted by atomic mass is 16.5. The zero-order valence-electron chi connectivity index (χ0n) is 10.7. The molecular weight excluding hydrogens is 246 g/mol. The highest BCUT2D eigenvalue weighted by Gasteiger charge is 2.14. The van der Waals surface area contributed by atoms with E-state index in [0.29, 0.717) is 0 Å². The van der Waals surface area contributed by atoms with Gasteiger partial charge in [-0.25, -0.2) is 4.79 Å². The highest BCUT2D eigenvalue weighted by molar-refractivity contribution is 6.39. The molecule has 0 aliphatic carbocycles. The van der Waals surface area contributed by atoms with Gasteiger partial charge in [0.05, 0.1) is 13.2 Å². The molecule has 102 valence electrons. The number of carboxylic acids is 1. The van der Waals surface area contributed by atoms with E-state index in [4.69, 9.17) is 9.84 Å². The summed E-state index contributed by atoms with van der Waals surface area (Å²) in [5, 5.41) is 8.61. The topological polar surface area (TPSA) is 66.8 Å². The van der Waals surface area contributed by atoms with E-state index in [1.165, 1.54) is 0 Å². The van der Waals surface area contributed by atoms with E-state index < -0.39 is 11.8 Å². The molecule has 1 saturated heterocycles. The fraction of sp³-hybridized carbons (Fsp3) is 0.429. The Morgan fingerprint density at radius 1 is 1.16 bits per heavy atom. The highest BCUT2D eigenvalue weighted by Crippen LogP contribution is 2.08. The minimum atomic E-state index is -1.42. The standard InChI is InChI=1S/C14H17NO4/c16-13(14(17)18)12-3-1-11(2-4-12)5-6-15-7-9-19-10-8-15/h1-4H,5-10H2,(H,17,18). The van der Waals surface area contributed by atoms with Crippen molar-refractivity contribution in [2.75, 3.05) is 32.8 Å². The summed E-state index contributed by atoms with van der Waals surface area (Å²) in [6, 6.07) is 6.78. The molecule has 0 aromatic heterocycles. The minimum Gasteiger partial charge on any atom is -0.475 e.